The Kier molecular flexibility index (Phi) is 4.11. The zero-order chi connectivity index (χ0) is 11.6. The molecule has 6 heteroatoms. The number of ether oxygens (including phenoxy) is 1. The molecule has 1 saturated heterocycles. The summed E-state index contributed by atoms with van der Waals surface area (Å²) in [6, 6.07) is 0. The first-order valence-corrected chi connectivity index (χ1v) is 7.89. The fourth-order valence-electron chi connectivity index (χ4n) is 1.91. The van der Waals surface area contributed by atoms with E-state index in [4.69, 9.17) is 16.3 Å². The summed E-state index contributed by atoms with van der Waals surface area (Å²) in [5, 5.41) is -0.0562. The van der Waals surface area contributed by atoms with E-state index in [1.54, 1.807) is 0 Å². The standard InChI is InChI=1S/C10H18ClNO3S/c11-10(8-3-4-8)6-12-16(13,14)7-9-2-1-5-15-9/h8-10,12H,1-7H2. The number of hydrogen-bond acceptors (Lipinski definition) is 3. The van der Waals surface area contributed by atoms with E-state index in [9.17, 15) is 8.42 Å². The van der Waals surface area contributed by atoms with E-state index in [2.05, 4.69) is 4.72 Å². The molecule has 1 heterocycles. The van der Waals surface area contributed by atoms with Gasteiger partial charge >= 0.3 is 0 Å². The van der Waals surface area contributed by atoms with Crippen LogP contribution >= 0.6 is 11.6 Å². The van der Waals surface area contributed by atoms with Crippen LogP contribution in [-0.2, 0) is 14.8 Å². The van der Waals surface area contributed by atoms with Gasteiger partial charge in [-0.2, -0.15) is 0 Å². The predicted molar refractivity (Wildman–Crippen MR) is 63.1 cm³/mol. The molecule has 2 atom stereocenters. The largest absolute Gasteiger partial charge is 0.377 e. The highest BCUT2D eigenvalue weighted by molar-refractivity contribution is 7.89. The normalized spacial score (nSPS) is 28.2. The summed E-state index contributed by atoms with van der Waals surface area (Å²) in [5.74, 6) is 0.577. The molecule has 16 heavy (non-hydrogen) atoms. The minimum atomic E-state index is -3.23. The maximum absolute atomic E-state index is 11.7. The number of hydrogen-bond donors (Lipinski definition) is 1. The average molecular weight is 268 g/mol. The van der Waals surface area contributed by atoms with E-state index in [0.29, 0.717) is 19.1 Å². The molecule has 0 spiro atoms. The predicted octanol–water partition coefficient (Wildman–Crippen LogP) is 1.10. The van der Waals surface area contributed by atoms with Crippen LogP contribution in [0.2, 0.25) is 0 Å². The third-order valence-electron chi connectivity index (χ3n) is 3.06. The van der Waals surface area contributed by atoms with Gasteiger partial charge in [0.2, 0.25) is 10.0 Å². The minimum absolute atomic E-state index is 0.0562. The van der Waals surface area contributed by atoms with Gasteiger partial charge < -0.3 is 4.74 Å². The molecule has 2 aliphatic rings. The van der Waals surface area contributed by atoms with Crippen LogP contribution in [0.5, 0.6) is 0 Å². The van der Waals surface area contributed by atoms with Crippen LogP contribution in [0.15, 0.2) is 0 Å². The highest BCUT2D eigenvalue weighted by Crippen LogP contribution is 2.35. The van der Waals surface area contributed by atoms with Gasteiger partial charge in [0.15, 0.2) is 0 Å². The van der Waals surface area contributed by atoms with Crippen LogP contribution < -0.4 is 4.72 Å². The lowest BCUT2D eigenvalue weighted by Crippen LogP contribution is -2.35. The molecule has 2 rings (SSSR count). The fraction of sp³-hybridized carbons (Fsp3) is 1.00. The van der Waals surface area contributed by atoms with Crippen LogP contribution in [-0.4, -0.2) is 38.8 Å². The Morgan fingerprint density at radius 1 is 1.38 bits per heavy atom. The van der Waals surface area contributed by atoms with Crippen molar-refractivity contribution in [1.29, 1.82) is 0 Å². The molecule has 0 amide bonds. The molecule has 94 valence electrons. The molecule has 1 aliphatic heterocycles. The molecule has 4 nitrogen and oxygen atoms in total. The Morgan fingerprint density at radius 3 is 2.69 bits per heavy atom. The van der Waals surface area contributed by atoms with E-state index in [0.717, 1.165) is 25.7 Å². The Hall–Kier alpha value is 0.160. The summed E-state index contributed by atoms with van der Waals surface area (Å²) in [5.41, 5.74) is 0. The van der Waals surface area contributed by atoms with Gasteiger partial charge in [-0.1, -0.05) is 0 Å². The molecule has 2 fully saturated rings. The number of nitrogens with one attached hydrogen (secondary N) is 1. The van der Waals surface area contributed by atoms with Gasteiger partial charge in [-0.05, 0) is 31.6 Å². The van der Waals surface area contributed by atoms with Crippen molar-refractivity contribution in [3.8, 4) is 0 Å². The van der Waals surface area contributed by atoms with E-state index >= 15 is 0 Å². The highest BCUT2D eigenvalue weighted by Gasteiger charge is 2.31. The molecular formula is C10H18ClNO3S. The third-order valence-corrected chi connectivity index (χ3v) is 4.99. The Morgan fingerprint density at radius 2 is 2.12 bits per heavy atom. The van der Waals surface area contributed by atoms with Gasteiger partial charge in [0.05, 0.1) is 11.9 Å². The molecule has 0 aromatic heterocycles. The van der Waals surface area contributed by atoms with Gasteiger partial charge in [-0.15, -0.1) is 11.6 Å². The second-order valence-electron chi connectivity index (χ2n) is 4.62. The summed E-state index contributed by atoms with van der Waals surface area (Å²) >= 11 is 6.04. The van der Waals surface area contributed by atoms with Crippen molar-refractivity contribution in [2.45, 2.75) is 37.2 Å². The van der Waals surface area contributed by atoms with Crippen LogP contribution in [0.4, 0.5) is 0 Å². The Bertz CT molecular complexity index is 323. The zero-order valence-electron chi connectivity index (χ0n) is 9.19. The van der Waals surface area contributed by atoms with Gasteiger partial charge in [-0.25, -0.2) is 13.1 Å². The Balaban J connectivity index is 1.73. The monoisotopic (exact) mass is 267 g/mol. The second kappa shape index (κ2) is 5.21. The van der Waals surface area contributed by atoms with Crippen molar-refractivity contribution in [3.05, 3.63) is 0 Å². The highest BCUT2D eigenvalue weighted by atomic mass is 35.5. The molecule has 0 aromatic carbocycles. The van der Waals surface area contributed by atoms with Crippen molar-refractivity contribution in [3.63, 3.8) is 0 Å². The summed E-state index contributed by atoms with van der Waals surface area (Å²) in [6.07, 6.45) is 3.92. The van der Waals surface area contributed by atoms with Crippen molar-refractivity contribution in [1.82, 2.24) is 4.72 Å². The number of sulfonamides is 1. The number of alkyl halides is 1. The van der Waals surface area contributed by atoms with Crippen molar-refractivity contribution in [2.24, 2.45) is 5.92 Å². The van der Waals surface area contributed by atoms with Crippen molar-refractivity contribution >= 4 is 21.6 Å². The summed E-state index contributed by atoms with van der Waals surface area (Å²) in [7, 11) is -3.23. The molecule has 0 bridgehead atoms. The maximum Gasteiger partial charge on any atom is 0.214 e. The maximum atomic E-state index is 11.7. The van der Waals surface area contributed by atoms with Crippen LogP contribution in [0.3, 0.4) is 0 Å². The third kappa shape index (κ3) is 3.87. The van der Waals surface area contributed by atoms with Crippen molar-refractivity contribution in [2.75, 3.05) is 18.9 Å². The first-order valence-electron chi connectivity index (χ1n) is 5.80. The first kappa shape index (κ1) is 12.6. The molecule has 1 aliphatic carbocycles. The molecule has 2 unspecified atom stereocenters. The van der Waals surface area contributed by atoms with Crippen molar-refractivity contribution < 1.29 is 13.2 Å². The lowest BCUT2D eigenvalue weighted by Gasteiger charge is -2.13. The molecular weight excluding hydrogens is 250 g/mol. The Labute approximate surface area is 102 Å². The van der Waals surface area contributed by atoms with Gasteiger partial charge in [0.1, 0.15) is 0 Å². The quantitative estimate of drug-likeness (QED) is 0.734. The molecule has 0 radical (unpaired) electrons. The van der Waals surface area contributed by atoms with Crippen LogP contribution in [0.25, 0.3) is 0 Å². The smallest absolute Gasteiger partial charge is 0.214 e. The van der Waals surface area contributed by atoms with Crippen LogP contribution in [0, 0.1) is 5.92 Å². The van der Waals surface area contributed by atoms with E-state index in [1.165, 1.54) is 0 Å². The fourth-order valence-corrected chi connectivity index (χ4v) is 3.63. The topological polar surface area (TPSA) is 55.4 Å². The SMILES string of the molecule is O=S(=O)(CC1CCCO1)NCC(Cl)C1CC1. The van der Waals surface area contributed by atoms with Gasteiger partial charge in [-0.3, -0.25) is 0 Å². The lowest BCUT2D eigenvalue weighted by atomic mass is 10.3. The van der Waals surface area contributed by atoms with E-state index in [1.807, 2.05) is 0 Å². The van der Waals surface area contributed by atoms with E-state index in [-0.39, 0.29) is 17.2 Å². The minimum Gasteiger partial charge on any atom is -0.377 e. The average Bonchev–Trinajstić information content (AvgIpc) is 2.96. The van der Waals surface area contributed by atoms with Crippen LogP contribution in [0.1, 0.15) is 25.7 Å². The lowest BCUT2D eigenvalue weighted by molar-refractivity contribution is 0.127. The van der Waals surface area contributed by atoms with Gasteiger partial charge in [0, 0.05) is 18.5 Å². The number of rotatable bonds is 6. The summed E-state index contributed by atoms with van der Waals surface area (Å²) in [4.78, 5) is 0. The summed E-state index contributed by atoms with van der Waals surface area (Å²) < 4.78 is 31.2. The number of halogens is 1. The van der Waals surface area contributed by atoms with E-state index < -0.39 is 10.0 Å². The second-order valence-corrected chi connectivity index (χ2v) is 7.03. The van der Waals surface area contributed by atoms with Gasteiger partial charge in [0.25, 0.3) is 0 Å². The molecule has 1 N–H and O–H groups in total. The molecule has 1 saturated carbocycles. The molecule has 0 aromatic rings. The summed E-state index contributed by atoms with van der Waals surface area (Å²) in [6.45, 7) is 1.03. The first-order chi connectivity index (χ1) is 7.57. The zero-order valence-corrected chi connectivity index (χ0v) is 10.8.